The van der Waals surface area contributed by atoms with Gasteiger partial charge in [-0.05, 0) is 52.2 Å². The highest BCUT2D eigenvalue weighted by atomic mass is 16.5. The summed E-state index contributed by atoms with van der Waals surface area (Å²) >= 11 is 0. The molecule has 0 unspecified atom stereocenters. The molecule has 0 aromatic carbocycles. The molecule has 15 heavy (non-hydrogen) atoms. The summed E-state index contributed by atoms with van der Waals surface area (Å²) < 4.78 is 5.52. The van der Waals surface area contributed by atoms with Crippen molar-refractivity contribution >= 4 is 0 Å². The van der Waals surface area contributed by atoms with Crippen molar-refractivity contribution in [1.82, 2.24) is 10.2 Å². The van der Waals surface area contributed by atoms with Crippen LogP contribution in [0.1, 0.15) is 32.1 Å². The van der Waals surface area contributed by atoms with Crippen molar-refractivity contribution in [3.05, 3.63) is 0 Å². The van der Waals surface area contributed by atoms with E-state index in [0.717, 1.165) is 0 Å². The van der Waals surface area contributed by atoms with Gasteiger partial charge in [-0.25, -0.2) is 0 Å². The Kier molecular flexibility index (Phi) is 4.00. The highest BCUT2D eigenvalue weighted by Gasteiger charge is 2.34. The van der Waals surface area contributed by atoms with E-state index in [1.165, 1.54) is 45.2 Å². The molecule has 0 bridgehead atoms. The number of hydrogen-bond acceptors (Lipinski definition) is 3. The van der Waals surface area contributed by atoms with E-state index in [9.17, 15) is 0 Å². The second kappa shape index (κ2) is 5.28. The highest BCUT2D eigenvalue weighted by molar-refractivity contribution is 4.92. The molecule has 3 heteroatoms. The van der Waals surface area contributed by atoms with Crippen LogP contribution in [0.3, 0.4) is 0 Å². The van der Waals surface area contributed by atoms with E-state index in [2.05, 4.69) is 17.3 Å². The van der Waals surface area contributed by atoms with Crippen molar-refractivity contribution in [2.75, 3.05) is 27.2 Å². The molecule has 0 aromatic rings. The van der Waals surface area contributed by atoms with Crippen LogP contribution in [0.4, 0.5) is 0 Å². The molecule has 1 aliphatic carbocycles. The van der Waals surface area contributed by atoms with Crippen molar-refractivity contribution in [3.63, 3.8) is 0 Å². The van der Waals surface area contributed by atoms with Gasteiger partial charge in [-0.3, -0.25) is 4.90 Å². The van der Waals surface area contributed by atoms with Crippen LogP contribution in [-0.4, -0.2) is 50.3 Å². The number of likely N-dealkylation sites (tertiary alicyclic amines) is 1. The fraction of sp³-hybridized carbons (Fsp3) is 1.00. The minimum absolute atomic E-state index is 0.486. The Balaban J connectivity index is 1.96. The van der Waals surface area contributed by atoms with Gasteiger partial charge in [0.1, 0.15) is 0 Å². The van der Waals surface area contributed by atoms with Gasteiger partial charge in [0.2, 0.25) is 0 Å². The van der Waals surface area contributed by atoms with Gasteiger partial charge in [0.05, 0.1) is 6.10 Å². The molecule has 1 saturated heterocycles. The first kappa shape index (κ1) is 11.4. The molecule has 0 amide bonds. The van der Waals surface area contributed by atoms with E-state index in [4.69, 9.17) is 4.74 Å². The molecule has 2 fully saturated rings. The Bertz CT molecular complexity index is 190. The zero-order valence-electron chi connectivity index (χ0n) is 10.0. The van der Waals surface area contributed by atoms with Gasteiger partial charge in [0, 0.05) is 19.2 Å². The molecule has 1 aliphatic heterocycles. The fourth-order valence-electron chi connectivity index (χ4n) is 3.14. The summed E-state index contributed by atoms with van der Waals surface area (Å²) in [6, 6.07) is 1.38. The maximum atomic E-state index is 5.52. The van der Waals surface area contributed by atoms with Crippen molar-refractivity contribution in [2.24, 2.45) is 0 Å². The van der Waals surface area contributed by atoms with Gasteiger partial charge < -0.3 is 10.1 Å². The van der Waals surface area contributed by atoms with Gasteiger partial charge in [0.25, 0.3) is 0 Å². The van der Waals surface area contributed by atoms with E-state index in [0.29, 0.717) is 18.2 Å². The lowest BCUT2D eigenvalue weighted by molar-refractivity contribution is 0.0205. The number of ether oxygens (including phenoxy) is 1. The smallest absolute Gasteiger partial charge is 0.0587 e. The number of hydrogen-bond donors (Lipinski definition) is 1. The van der Waals surface area contributed by atoms with Gasteiger partial charge in [-0.1, -0.05) is 0 Å². The van der Waals surface area contributed by atoms with E-state index in [-0.39, 0.29) is 0 Å². The van der Waals surface area contributed by atoms with Crippen LogP contribution in [0, 0.1) is 0 Å². The Labute approximate surface area is 93.2 Å². The lowest BCUT2D eigenvalue weighted by Gasteiger charge is -2.40. The zero-order chi connectivity index (χ0) is 10.7. The average Bonchev–Trinajstić information content (AvgIpc) is 2.81. The summed E-state index contributed by atoms with van der Waals surface area (Å²) in [5, 5.41) is 3.48. The maximum absolute atomic E-state index is 5.52. The molecule has 1 N–H and O–H groups in total. The molecular weight excluding hydrogens is 188 g/mol. The van der Waals surface area contributed by atoms with Gasteiger partial charge in [0.15, 0.2) is 0 Å². The first-order chi connectivity index (χ1) is 7.35. The second-order valence-electron chi connectivity index (χ2n) is 4.88. The van der Waals surface area contributed by atoms with Crippen molar-refractivity contribution < 1.29 is 4.74 Å². The predicted molar refractivity (Wildman–Crippen MR) is 62.1 cm³/mol. The lowest BCUT2D eigenvalue weighted by atomic mass is 9.87. The van der Waals surface area contributed by atoms with Gasteiger partial charge in [-0.15, -0.1) is 0 Å². The first-order valence-corrected chi connectivity index (χ1v) is 6.29. The number of rotatable bonds is 3. The molecule has 3 atom stereocenters. The van der Waals surface area contributed by atoms with E-state index in [1.807, 2.05) is 7.11 Å². The summed E-state index contributed by atoms with van der Waals surface area (Å²) in [7, 11) is 3.95. The second-order valence-corrected chi connectivity index (χ2v) is 4.88. The fourth-order valence-corrected chi connectivity index (χ4v) is 3.14. The summed E-state index contributed by atoms with van der Waals surface area (Å²) in [5.74, 6) is 0. The molecule has 2 rings (SSSR count). The monoisotopic (exact) mass is 212 g/mol. The molecule has 2 aliphatic rings. The molecule has 1 heterocycles. The minimum Gasteiger partial charge on any atom is -0.381 e. The molecule has 3 nitrogen and oxygen atoms in total. The topological polar surface area (TPSA) is 24.5 Å². The van der Waals surface area contributed by atoms with E-state index < -0.39 is 0 Å². The number of methoxy groups -OCH3 is 1. The highest BCUT2D eigenvalue weighted by Crippen LogP contribution is 2.27. The standard InChI is InChI=1S/C12H24N2O/c1-13-11-6-5-10(15-2)9-12(11)14-7-3-4-8-14/h10-13H,3-9H2,1-2H3/t10-,11+,12+/m1/s1. The van der Waals surface area contributed by atoms with Gasteiger partial charge >= 0.3 is 0 Å². The van der Waals surface area contributed by atoms with Crippen LogP contribution >= 0.6 is 0 Å². The Morgan fingerprint density at radius 1 is 1.20 bits per heavy atom. The quantitative estimate of drug-likeness (QED) is 0.762. The lowest BCUT2D eigenvalue weighted by Crippen LogP contribution is -2.52. The molecule has 88 valence electrons. The van der Waals surface area contributed by atoms with E-state index in [1.54, 1.807) is 0 Å². The van der Waals surface area contributed by atoms with Crippen LogP contribution in [0.2, 0.25) is 0 Å². The summed E-state index contributed by atoms with van der Waals surface area (Å²) in [6.45, 7) is 2.58. The summed E-state index contributed by atoms with van der Waals surface area (Å²) in [4.78, 5) is 2.66. The molecular formula is C12H24N2O. The summed E-state index contributed by atoms with van der Waals surface area (Å²) in [6.07, 6.45) is 6.93. The largest absolute Gasteiger partial charge is 0.381 e. The SMILES string of the molecule is CN[C@H]1CC[C@@H](OC)C[C@@H]1N1CCCC1. The zero-order valence-corrected chi connectivity index (χ0v) is 10.0. The number of likely N-dealkylation sites (N-methyl/N-ethyl adjacent to an activating group) is 1. The van der Waals surface area contributed by atoms with Crippen LogP contribution < -0.4 is 5.32 Å². The van der Waals surface area contributed by atoms with Crippen molar-refractivity contribution in [3.8, 4) is 0 Å². The molecule has 0 radical (unpaired) electrons. The average molecular weight is 212 g/mol. The predicted octanol–water partition coefficient (Wildman–Crippen LogP) is 1.24. The first-order valence-electron chi connectivity index (χ1n) is 6.29. The van der Waals surface area contributed by atoms with Crippen LogP contribution in [0.15, 0.2) is 0 Å². The van der Waals surface area contributed by atoms with Crippen molar-refractivity contribution in [1.29, 1.82) is 0 Å². The molecule has 0 aromatic heterocycles. The third-order valence-corrected chi connectivity index (χ3v) is 4.08. The third kappa shape index (κ3) is 2.52. The van der Waals surface area contributed by atoms with Crippen LogP contribution in [0.25, 0.3) is 0 Å². The number of nitrogens with one attached hydrogen (secondary N) is 1. The maximum Gasteiger partial charge on any atom is 0.0587 e. The Morgan fingerprint density at radius 3 is 2.53 bits per heavy atom. The van der Waals surface area contributed by atoms with E-state index >= 15 is 0 Å². The van der Waals surface area contributed by atoms with Gasteiger partial charge in [-0.2, -0.15) is 0 Å². The minimum atomic E-state index is 0.486. The van der Waals surface area contributed by atoms with Crippen LogP contribution in [0.5, 0.6) is 0 Å². The normalized spacial score (nSPS) is 38.4. The molecule has 1 saturated carbocycles. The number of nitrogens with zero attached hydrogens (tertiary/aromatic N) is 1. The Morgan fingerprint density at radius 2 is 1.93 bits per heavy atom. The Hall–Kier alpha value is -0.120. The summed E-state index contributed by atoms with van der Waals surface area (Å²) in [5.41, 5.74) is 0. The van der Waals surface area contributed by atoms with Crippen LogP contribution in [-0.2, 0) is 4.74 Å². The molecule has 0 spiro atoms. The van der Waals surface area contributed by atoms with Crippen molar-refractivity contribution in [2.45, 2.75) is 50.3 Å². The third-order valence-electron chi connectivity index (χ3n) is 4.08.